The van der Waals surface area contributed by atoms with E-state index in [0.717, 1.165) is 17.0 Å². The summed E-state index contributed by atoms with van der Waals surface area (Å²) in [5.41, 5.74) is 7.06. The molecular formula is C34H35NOSSi. The summed E-state index contributed by atoms with van der Waals surface area (Å²) in [6, 6.07) is 22.3. The number of benzene rings is 3. The highest BCUT2D eigenvalue weighted by Gasteiger charge is 2.24. The second kappa shape index (κ2) is 8.65. The number of hydrogen-bond acceptors (Lipinski definition) is 3. The zero-order chi connectivity index (χ0) is 27.0. The maximum absolute atomic E-state index is 6.54. The van der Waals surface area contributed by atoms with Gasteiger partial charge in [0.1, 0.15) is 11.3 Å². The monoisotopic (exact) mass is 533 g/mol. The van der Waals surface area contributed by atoms with E-state index in [4.69, 9.17) is 9.40 Å². The van der Waals surface area contributed by atoms with Gasteiger partial charge in [-0.05, 0) is 70.8 Å². The lowest BCUT2D eigenvalue weighted by Gasteiger charge is -2.22. The molecule has 0 saturated heterocycles. The van der Waals surface area contributed by atoms with Crippen LogP contribution in [-0.4, -0.2) is 13.1 Å². The van der Waals surface area contributed by atoms with E-state index >= 15 is 0 Å². The van der Waals surface area contributed by atoms with E-state index in [2.05, 4.69) is 115 Å². The molecule has 0 spiro atoms. The van der Waals surface area contributed by atoms with Crippen LogP contribution in [0.1, 0.15) is 37.5 Å². The van der Waals surface area contributed by atoms with Crippen molar-refractivity contribution in [3.8, 4) is 21.9 Å². The molecule has 0 radical (unpaired) electrons. The molecular weight excluding hydrogens is 499 g/mol. The van der Waals surface area contributed by atoms with E-state index < -0.39 is 8.07 Å². The van der Waals surface area contributed by atoms with Crippen LogP contribution < -0.4 is 5.19 Å². The Hall–Kier alpha value is -3.21. The first-order valence-electron chi connectivity index (χ1n) is 13.4. The van der Waals surface area contributed by atoms with Gasteiger partial charge in [0.25, 0.3) is 0 Å². The van der Waals surface area contributed by atoms with Crippen LogP contribution >= 0.6 is 11.3 Å². The van der Waals surface area contributed by atoms with Crippen molar-refractivity contribution in [2.24, 2.45) is 0 Å². The maximum atomic E-state index is 6.54. The molecule has 0 N–H and O–H groups in total. The maximum Gasteiger partial charge on any atom is 0.148 e. The Balaban J connectivity index is 1.57. The molecule has 3 heterocycles. The van der Waals surface area contributed by atoms with Gasteiger partial charge in [0.15, 0.2) is 0 Å². The highest BCUT2D eigenvalue weighted by molar-refractivity contribution is 7.23. The van der Waals surface area contributed by atoms with Gasteiger partial charge in [-0.25, -0.2) is 0 Å². The predicted molar refractivity (Wildman–Crippen MR) is 169 cm³/mol. The van der Waals surface area contributed by atoms with Crippen LogP contribution in [0.3, 0.4) is 0 Å². The molecule has 3 aromatic carbocycles. The number of aryl methyl sites for hydroxylation is 2. The van der Waals surface area contributed by atoms with Crippen LogP contribution in [0.2, 0.25) is 19.6 Å². The van der Waals surface area contributed by atoms with Gasteiger partial charge >= 0.3 is 0 Å². The van der Waals surface area contributed by atoms with E-state index in [0.29, 0.717) is 0 Å². The Morgan fingerprint density at radius 1 is 0.816 bits per heavy atom. The van der Waals surface area contributed by atoms with Crippen LogP contribution in [-0.2, 0) is 5.41 Å². The number of thiophene rings is 1. The van der Waals surface area contributed by atoms with Gasteiger partial charge in [-0.2, -0.15) is 0 Å². The summed E-state index contributed by atoms with van der Waals surface area (Å²) in [7, 11) is -1.41. The Kier molecular flexibility index (Phi) is 5.71. The van der Waals surface area contributed by atoms with Crippen LogP contribution in [0, 0.1) is 13.8 Å². The highest BCUT2D eigenvalue weighted by atomic mass is 32.1. The first-order valence-corrected chi connectivity index (χ1v) is 17.7. The molecule has 4 heteroatoms. The zero-order valence-electron chi connectivity index (χ0n) is 23.6. The topological polar surface area (TPSA) is 26.0 Å². The lowest BCUT2D eigenvalue weighted by molar-refractivity contribution is 0.596. The number of furan rings is 1. The molecule has 0 amide bonds. The smallest absolute Gasteiger partial charge is 0.148 e. The summed E-state index contributed by atoms with van der Waals surface area (Å²) < 4.78 is 7.76. The second-order valence-corrected chi connectivity index (χ2v) is 18.7. The fourth-order valence-electron chi connectivity index (χ4n) is 5.54. The van der Waals surface area contributed by atoms with Gasteiger partial charge in [-0.3, -0.25) is 4.98 Å². The fourth-order valence-corrected chi connectivity index (χ4v) is 8.06. The minimum absolute atomic E-state index is 0.0280. The molecule has 0 bridgehead atoms. The van der Waals surface area contributed by atoms with Gasteiger partial charge in [0, 0.05) is 22.7 Å². The molecule has 6 rings (SSSR count). The Labute approximate surface area is 230 Å². The zero-order valence-corrected chi connectivity index (χ0v) is 25.4. The number of rotatable bonds is 3. The van der Waals surface area contributed by atoms with Crippen LogP contribution in [0.5, 0.6) is 0 Å². The summed E-state index contributed by atoms with van der Waals surface area (Å²) in [6.45, 7) is 18.5. The van der Waals surface area contributed by atoms with Crippen LogP contribution in [0.4, 0.5) is 0 Å². The summed E-state index contributed by atoms with van der Waals surface area (Å²) in [5.74, 6) is 0.992. The van der Waals surface area contributed by atoms with Gasteiger partial charge in [0.2, 0.25) is 0 Å². The van der Waals surface area contributed by atoms with Crippen molar-refractivity contribution in [1.82, 2.24) is 4.98 Å². The van der Waals surface area contributed by atoms with Crippen molar-refractivity contribution >= 4 is 56.4 Å². The number of aromatic nitrogens is 1. The first kappa shape index (κ1) is 25.1. The predicted octanol–water partition coefficient (Wildman–Crippen LogP) is 9.99. The van der Waals surface area contributed by atoms with Crippen LogP contribution in [0.15, 0.2) is 71.3 Å². The molecule has 6 aromatic rings. The molecule has 3 aromatic heterocycles. The number of fused-ring (bicyclic) bond motifs is 3. The lowest BCUT2D eigenvalue weighted by Crippen LogP contribution is -2.37. The van der Waals surface area contributed by atoms with E-state index in [1.807, 2.05) is 17.5 Å². The fraction of sp³-hybridized carbons (Fsp3) is 0.265. The van der Waals surface area contributed by atoms with Gasteiger partial charge in [0.05, 0.1) is 23.3 Å². The number of nitrogens with zero attached hydrogens (tertiary/aromatic N) is 1. The average Bonchev–Trinajstić information content (AvgIpc) is 3.38. The normalized spacial score (nSPS) is 12.7. The molecule has 0 aliphatic heterocycles. The molecule has 38 heavy (non-hydrogen) atoms. The van der Waals surface area contributed by atoms with Gasteiger partial charge in [-0.1, -0.05) is 82.0 Å². The largest absolute Gasteiger partial charge is 0.455 e. The third-order valence-electron chi connectivity index (χ3n) is 7.80. The number of hydrogen-bond donors (Lipinski definition) is 0. The van der Waals surface area contributed by atoms with Crippen molar-refractivity contribution in [3.63, 3.8) is 0 Å². The van der Waals surface area contributed by atoms with E-state index in [1.165, 1.54) is 58.6 Å². The van der Waals surface area contributed by atoms with Crippen molar-refractivity contribution in [2.75, 3.05) is 0 Å². The minimum atomic E-state index is -1.41. The Morgan fingerprint density at radius 2 is 1.58 bits per heavy atom. The lowest BCUT2D eigenvalue weighted by atomic mass is 9.82. The highest BCUT2D eigenvalue weighted by Crippen LogP contribution is 2.45. The van der Waals surface area contributed by atoms with Crippen molar-refractivity contribution in [2.45, 2.75) is 59.7 Å². The quantitative estimate of drug-likeness (QED) is 0.212. The molecule has 2 nitrogen and oxygen atoms in total. The molecule has 0 aliphatic carbocycles. The third kappa shape index (κ3) is 4.02. The SMILES string of the molecule is Cc1c(-c2sc3c(-c4cc(C(C)(C)C)c5ccccc5c4)nccc3c2C)oc2ccc([Si](C)(C)C)cc12. The average molecular weight is 534 g/mol. The summed E-state index contributed by atoms with van der Waals surface area (Å²) in [6.07, 6.45) is 1.96. The van der Waals surface area contributed by atoms with E-state index in [-0.39, 0.29) is 5.41 Å². The molecule has 0 atom stereocenters. The first-order chi connectivity index (χ1) is 17.9. The third-order valence-corrected chi connectivity index (χ3v) is 11.2. The van der Waals surface area contributed by atoms with Gasteiger partial charge < -0.3 is 4.42 Å². The Morgan fingerprint density at radius 3 is 2.32 bits per heavy atom. The van der Waals surface area contributed by atoms with Gasteiger partial charge in [-0.15, -0.1) is 11.3 Å². The van der Waals surface area contributed by atoms with Crippen molar-refractivity contribution < 1.29 is 4.42 Å². The molecule has 0 saturated carbocycles. The molecule has 0 aliphatic rings. The minimum Gasteiger partial charge on any atom is -0.455 e. The Bertz CT molecular complexity index is 1860. The summed E-state index contributed by atoms with van der Waals surface area (Å²) >= 11 is 1.81. The molecule has 0 unspecified atom stereocenters. The van der Waals surface area contributed by atoms with E-state index in [1.54, 1.807) is 0 Å². The number of pyridine rings is 1. The van der Waals surface area contributed by atoms with Crippen molar-refractivity contribution in [1.29, 1.82) is 0 Å². The van der Waals surface area contributed by atoms with Crippen LogP contribution in [0.25, 0.3) is 53.7 Å². The molecule has 192 valence electrons. The van der Waals surface area contributed by atoms with Crippen molar-refractivity contribution in [3.05, 3.63) is 83.6 Å². The standard InChI is InChI=1S/C34H35NOSSi/c1-20-27-19-24(38(6,7)8)13-14-29(27)36-31(20)32-21(2)25-15-16-35-30(33(25)37-32)23-17-22-11-9-10-12-26(22)28(18-23)34(3,4)5/h9-19H,1-8H3. The summed E-state index contributed by atoms with van der Waals surface area (Å²) in [5, 5.41) is 6.52. The molecule has 0 fully saturated rings. The summed E-state index contributed by atoms with van der Waals surface area (Å²) in [4.78, 5) is 6.15. The van der Waals surface area contributed by atoms with E-state index in [9.17, 15) is 0 Å². The second-order valence-electron chi connectivity index (χ2n) is 12.6.